The second-order valence-electron chi connectivity index (χ2n) is 3.96. The summed E-state index contributed by atoms with van der Waals surface area (Å²) in [6.45, 7) is 9.46. The summed E-state index contributed by atoms with van der Waals surface area (Å²) in [6, 6.07) is 0. The lowest BCUT2D eigenvalue weighted by Gasteiger charge is -2.18. The van der Waals surface area contributed by atoms with E-state index in [0.717, 1.165) is 0 Å². The molecule has 0 radical (unpaired) electrons. The molecule has 21 heavy (non-hydrogen) atoms. The van der Waals surface area contributed by atoms with Gasteiger partial charge in [0.05, 0.1) is 38.9 Å². The van der Waals surface area contributed by atoms with E-state index >= 15 is 0 Å². The number of hydrogen-bond donors (Lipinski definition) is 0. The minimum absolute atomic E-state index is 0.0485. The smallest absolute Gasteiger partial charge is 0.412 e. The van der Waals surface area contributed by atoms with Crippen molar-refractivity contribution in [1.82, 2.24) is 0 Å². The van der Waals surface area contributed by atoms with Crippen LogP contribution in [0.4, 0.5) is 0 Å². The first-order valence-electron chi connectivity index (χ1n) is 6.96. The molecule has 0 unspecified atom stereocenters. The summed E-state index contributed by atoms with van der Waals surface area (Å²) in [5.74, 6) is 0. The average Bonchev–Trinajstić information content (AvgIpc) is 2.37. The monoisotopic (exact) mass is 344 g/mol. The lowest BCUT2D eigenvalue weighted by atomic mass is 10.4. The Labute approximate surface area is 127 Å². The van der Waals surface area contributed by atoms with Gasteiger partial charge in [-0.05, 0) is 40.2 Å². The maximum Gasteiger partial charge on any atom is 0.529 e. The fourth-order valence-corrected chi connectivity index (χ4v) is 4.30. The van der Waals surface area contributed by atoms with E-state index in [0.29, 0.717) is 5.57 Å². The van der Waals surface area contributed by atoms with Crippen molar-refractivity contribution >= 4 is 15.4 Å². The summed E-state index contributed by atoms with van der Waals surface area (Å²) in [4.78, 5) is 0. The highest BCUT2D eigenvalue weighted by Gasteiger charge is 2.27. The molecule has 0 rings (SSSR count). The zero-order valence-corrected chi connectivity index (χ0v) is 15.2. The minimum atomic E-state index is -3.62. The van der Waals surface area contributed by atoms with Gasteiger partial charge < -0.3 is 13.6 Å². The maximum absolute atomic E-state index is 12.3. The van der Waals surface area contributed by atoms with Gasteiger partial charge in [0.25, 0.3) is 0 Å². The highest BCUT2D eigenvalue weighted by Crippen LogP contribution is 2.52. The summed E-state index contributed by atoms with van der Waals surface area (Å²) in [5.41, 5.74) is 0.555. The SMILES string of the molecule is CCOP(=O)(C/C(C)=C/OP(=O)(OCC)OCC)OCC. The highest BCUT2D eigenvalue weighted by molar-refractivity contribution is 7.54. The van der Waals surface area contributed by atoms with Gasteiger partial charge in [-0.2, -0.15) is 0 Å². The lowest BCUT2D eigenvalue weighted by Crippen LogP contribution is -2.02. The largest absolute Gasteiger partial charge is 0.529 e. The van der Waals surface area contributed by atoms with Crippen molar-refractivity contribution in [2.24, 2.45) is 0 Å². The normalized spacial score (nSPS) is 13.5. The Morgan fingerprint density at radius 3 is 1.67 bits per heavy atom. The number of phosphoric acid groups is 1. The molecule has 7 nitrogen and oxygen atoms in total. The average molecular weight is 344 g/mol. The topological polar surface area (TPSA) is 80.3 Å². The Kier molecular flexibility index (Phi) is 10.5. The van der Waals surface area contributed by atoms with Gasteiger partial charge in [0.2, 0.25) is 0 Å². The third kappa shape index (κ3) is 8.77. The number of phosphoric ester groups is 1. The Bertz CT molecular complexity index is 388. The number of allylic oxidation sites excluding steroid dienone is 1. The van der Waals surface area contributed by atoms with Crippen molar-refractivity contribution in [1.29, 1.82) is 0 Å². The molecule has 0 saturated carbocycles. The standard InChI is InChI=1S/C12H26O7P2/c1-6-15-20(13,16-7-2)11-12(5)10-19-21(14,17-8-3)18-9-4/h10H,6-9,11H2,1-5H3/b12-10+. The molecule has 0 amide bonds. The second-order valence-corrected chi connectivity index (χ2v) is 7.63. The maximum atomic E-state index is 12.3. The Morgan fingerprint density at radius 1 is 0.857 bits per heavy atom. The quantitative estimate of drug-likeness (QED) is 0.384. The first kappa shape index (κ1) is 20.8. The van der Waals surface area contributed by atoms with Gasteiger partial charge in [0, 0.05) is 0 Å². The molecule has 0 fully saturated rings. The van der Waals surface area contributed by atoms with Crippen LogP contribution in [0.15, 0.2) is 11.8 Å². The van der Waals surface area contributed by atoms with Crippen molar-refractivity contribution in [2.75, 3.05) is 32.6 Å². The van der Waals surface area contributed by atoms with Gasteiger partial charge in [0.15, 0.2) is 0 Å². The zero-order valence-electron chi connectivity index (χ0n) is 13.4. The predicted octanol–water partition coefficient (Wildman–Crippen LogP) is 4.35. The van der Waals surface area contributed by atoms with Crippen LogP contribution < -0.4 is 0 Å². The summed E-state index contributed by atoms with van der Waals surface area (Å²) in [7, 11) is -6.83. The van der Waals surface area contributed by atoms with Gasteiger partial charge >= 0.3 is 15.4 Å². The first-order valence-corrected chi connectivity index (χ1v) is 10.1. The minimum Gasteiger partial charge on any atom is -0.412 e. The van der Waals surface area contributed by atoms with Crippen LogP contribution in [-0.4, -0.2) is 32.6 Å². The molecule has 0 saturated heterocycles. The van der Waals surface area contributed by atoms with Gasteiger partial charge in [0.1, 0.15) is 0 Å². The molecule has 0 bridgehead atoms. The molecule has 0 atom stereocenters. The van der Waals surface area contributed by atoms with Crippen LogP contribution in [0.1, 0.15) is 34.6 Å². The van der Waals surface area contributed by atoms with Crippen LogP contribution in [0.25, 0.3) is 0 Å². The summed E-state index contributed by atoms with van der Waals surface area (Å²) in [6.07, 6.45) is 1.27. The Morgan fingerprint density at radius 2 is 1.29 bits per heavy atom. The number of hydrogen-bond acceptors (Lipinski definition) is 7. The molecule has 0 aromatic rings. The van der Waals surface area contributed by atoms with Crippen LogP contribution >= 0.6 is 15.4 Å². The fraction of sp³-hybridized carbons (Fsp3) is 0.833. The molecule has 0 aromatic heterocycles. The van der Waals surface area contributed by atoms with Gasteiger partial charge in [-0.25, -0.2) is 4.57 Å². The summed E-state index contributed by atoms with van der Waals surface area (Å²) >= 11 is 0. The van der Waals surface area contributed by atoms with Gasteiger partial charge in [-0.15, -0.1) is 0 Å². The Balaban J connectivity index is 4.78. The molecule has 0 N–H and O–H groups in total. The molecular formula is C12H26O7P2. The molecule has 0 spiro atoms. The van der Waals surface area contributed by atoms with E-state index in [1.807, 2.05) is 0 Å². The molecule has 9 heteroatoms. The van der Waals surface area contributed by atoms with Crippen molar-refractivity contribution in [3.05, 3.63) is 11.8 Å². The van der Waals surface area contributed by atoms with E-state index < -0.39 is 15.4 Å². The van der Waals surface area contributed by atoms with Gasteiger partial charge in [-0.1, -0.05) is 0 Å². The molecule has 0 aromatic carbocycles. The van der Waals surface area contributed by atoms with E-state index in [4.69, 9.17) is 22.6 Å². The lowest BCUT2D eigenvalue weighted by molar-refractivity contribution is 0.153. The van der Waals surface area contributed by atoms with Crippen LogP contribution in [0, 0.1) is 0 Å². The van der Waals surface area contributed by atoms with Crippen LogP contribution in [0.3, 0.4) is 0 Å². The van der Waals surface area contributed by atoms with E-state index in [2.05, 4.69) is 0 Å². The van der Waals surface area contributed by atoms with E-state index in [1.54, 1.807) is 34.6 Å². The van der Waals surface area contributed by atoms with Crippen molar-refractivity contribution < 1.29 is 31.7 Å². The van der Waals surface area contributed by atoms with Crippen molar-refractivity contribution in [3.8, 4) is 0 Å². The Hall–Kier alpha value is -0.160. The predicted molar refractivity (Wildman–Crippen MR) is 81.4 cm³/mol. The second kappa shape index (κ2) is 10.5. The first-order chi connectivity index (χ1) is 9.84. The fourth-order valence-electron chi connectivity index (χ4n) is 1.43. The molecular weight excluding hydrogens is 318 g/mol. The molecule has 0 aliphatic rings. The molecule has 0 aliphatic carbocycles. The summed E-state index contributed by atoms with van der Waals surface area (Å²) in [5, 5.41) is 0. The molecule has 126 valence electrons. The van der Waals surface area contributed by atoms with Crippen LogP contribution in [0.5, 0.6) is 0 Å². The van der Waals surface area contributed by atoms with Crippen LogP contribution in [-0.2, 0) is 31.7 Å². The van der Waals surface area contributed by atoms with E-state index in [1.165, 1.54) is 6.26 Å². The third-order valence-corrected chi connectivity index (χ3v) is 5.75. The van der Waals surface area contributed by atoms with E-state index in [-0.39, 0.29) is 32.6 Å². The van der Waals surface area contributed by atoms with Crippen molar-refractivity contribution in [3.63, 3.8) is 0 Å². The molecule has 0 aliphatic heterocycles. The van der Waals surface area contributed by atoms with Crippen LogP contribution in [0.2, 0.25) is 0 Å². The third-order valence-electron chi connectivity index (χ3n) is 2.05. The molecule has 0 heterocycles. The summed E-state index contributed by atoms with van der Waals surface area (Å²) < 4.78 is 49.8. The highest BCUT2D eigenvalue weighted by atomic mass is 31.2. The van der Waals surface area contributed by atoms with E-state index in [9.17, 15) is 9.13 Å². The zero-order chi connectivity index (χ0) is 16.4. The van der Waals surface area contributed by atoms with Gasteiger partial charge in [-0.3, -0.25) is 13.6 Å². The van der Waals surface area contributed by atoms with Crippen molar-refractivity contribution in [2.45, 2.75) is 34.6 Å². The number of rotatable bonds is 12.